The highest BCUT2D eigenvalue weighted by Crippen LogP contribution is 2.28. The predicted molar refractivity (Wildman–Crippen MR) is 114 cm³/mol. The van der Waals surface area contributed by atoms with Gasteiger partial charge in [-0.3, -0.25) is 4.79 Å². The van der Waals surface area contributed by atoms with E-state index in [0.29, 0.717) is 23.7 Å². The summed E-state index contributed by atoms with van der Waals surface area (Å²) in [6, 6.07) is 16.4. The first-order valence-corrected chi connectivity index (χ1v) is 9.71. The number of rotatable bonds is 8. The molecule has 0 saturated heterocycles. The van der Waals surface area contributed by atoms with E-state index in [1.807, 2.05) is 61.7 Å². The third kappa shape index (κ3) is 4.38. The number of benzene rings is 2. The molecule has 0 radical (unpaired) electrons. The van der Waals surface area contributed by atoms with Crippen LogP contribution < -0.4 is 9.47 Å². The van der Waals surface area contributed by atoms with E-state index >= 15 is 0 Å². The minimum absolute atomic E-state index is 0.253. The zero-order valence-corrected chi connectivity index (χ0v) is 17.6. The number of aryl methyl sites for hydroxylation is 1. The first kappa shape index (κ1) is 21.2. The van der Waals surface area contributed by atoms with Gasteiger partial charge in [0.25, 0.3) is 0 Å². The Kier molecular flexibility index (Phi) is 6.57. The predicted octanol–water partition coefficient (Wildman–Crippen LogP) is 4.54. The molecule has 0 spiro atoms. The topological polar surface area (TPSA) is 66.8 Å². The number of methoxy groups -OCH3 is 1. The summed E-state index contributed by atoms with van der Waals surface area (Å²) in [7, 11) is 1.50. The van der Waals surface area contributed by atoms with Gasteiger partial charge in [0.05, 0.1) is 19.3 Å². The Morgan fingerprint density at radius 1 is 0.967 bits per heavy atom. The van der Waals surface area contributed by atoms with Crippen molar-refractivity contribution in [3.63, 3.8) is 0 Å². The largest absolute Gasteiger partial charge is 0.493 e. The Balaban J connectivity index is 1.73. The Morgan fingerprint density at radius 2 is 1.70 bits per heavy atom. The Labute approximate surface area is 176 Å². The normalized spacial score (nSPS) is 10.5. The summed E-state index contributed by atoms with van der Waals surface area (Å²) in [5, 5.41) is 0. The number of ether oxygens (including phenoxy) is 3. The smallest absolute Gasteiger partial charge is 0.338 e. The van der Waals surface area contributed by atoms with Gasteiger partial charge in [-0.25, -0.2) is 4.79 Å². The minimum Gasteiger partial charge on any atom is -0.493 e. The number of hydrogen-bond donors (Lipinski definition) is 0. The van der Waals surface area contributed by atoms with Crippen LogP contribution in [-0.2, 0) is 4.74 Å². The van der Waals surface area contributed by atoms with E-state index < -0.39 is 5.97 Å². The van der Waals surface area contributed by atoms with E-state index in [4.69, 9.17) is 14.2 Å². The number of esters is 1. The van der Waals surface area contributed by atoms with E-state index in [-0.39, 0.29) is 18.0 Å². The summed E-state index contributed by atoms with van der Waals surface area (Å²) in [4.78, 5) is 25.1. The zero-order chi connectivity index (χ0) is 21.7. The second-order valence-electron chi connectivity index (χ2n) is 6.75. The Morgan fingerprint density at radius 3 is 2.37 bits per heavy atom. The molecule has 0 bridgehead atoms. The lowest BCUT2D eigenvalue weighted by atomic mass is 10.1. The van der Waals surface area contributed by atoms with Gasteiger partial charge < -0.3 is 18.8 Å². The van der Waals surface area contributed by atoms with Crippen LogP contribution in [0.5, 0.6) is 11.5 Å². The van der Waals surface area contributed by atoms with Crippen LogP contribution in [0.25, 0.3) is 5.69 Å². The lowest BCUT2D eigenvalue weighted by Gasteiger charge is -2.11. The molecule has 0 fully saturated rings. The van der Waals surface area contributed by atoms with Crippen molar-refractivity contribution in [1.29, 1.82) is 0 Å². The second kappa shape index (κ2) is 9.31. The van der Waals surface area contributed by atoms with Crippen LogP contribution in [-0.4, -0.2) is 36.6 Å². The molecular formula is C24H25NO5. The quantitative estimate of drug-likeness (QED) is 0.405. The van der Waals surface area contributed by atoms with Crippen molar-refractivity contribution in [2.45, 2.75) is 20.8 Å². The highest BCUT2D eigenvalue weighted by molar-refractivity contribution is 6.00. The van der Waals surface area contributed by atoms with E-state index in [9.17, 15) is 9.59 Å². The number of hydrogen-bond acceptors (Lipinski definition) is 5. The van der Waals surface area contributed by atoms with Crippen molar-refractivity contribution in [2.75, 3.05) is 20.3 Å². The van der Waals surface area contributed by atoms with Crippen LogP contribution in [0.3, 0.4) is 0 Å². The summed E-state index contributed by atoms with van der Waals surface area (Å²) in [6.07, 6.45) is 0. The number of para-hydroxylation sites is 1. The number of carbonyl (C=O) groups excluding carboxylic acids is 2. The fourth-order valence-electron chi connectivity index (χ4n) is 3.38. The average molecular weight is 407 g/mol. The molecule has 156 valence electrons. The van der Waals surface area contributed by atoms with Gasteiger partial charge >= 0.3 is 5.97 Å². The maximum absolute atomic E-state index is 12.7. The number of Topliss-reactive ketones (excluding diaryl/α,β-unsaturated/α-hetero) is 1. The van der Waals surface area contributed by atoms with Crippen molar-refractivity contribution < 1.29 is 23.8 Å². The summed E-state index contributed by atoms with van der Waals surface area (Å²) in [5.41, 5.74) is 3.54. The van der Waals surface area contributed by atoms with Gasteiger partial charge in [-0.2, -0.15) is 0 Å². The van der Waals surface area contributed by atoms with E-state index in [1.165, 1.54) is 7.11 Å². The number of ketones is 1. The molecule has 0 saturated carbocycles. The average Bonchev–Trinajstić information content (AvgIpc) is 3.06. The van der Waals surface area contributed by atoms with Gasteiger partial charge in [-0.15, -0.1) is 0 Å². The summed E-state index contributed by atoms with van der Waals surface area (Å²) in [5.74, 6) is 0.128. The minimum atomic E-state index is -0.596. The molecule has 0 N–H and O–H groups in total. The molecule has 6 nitrogen and oxygen atoms in total. The Bertz CT molecular complexity index is 1050. The molecule has 0 amide bonds. The first-order chi connectivity index (χ1) is 14.5. The molecule has 3 aromatic rings. The third-order valence-corrected chi connectivity index (χ3v) is 4.78. The van der Waals surface area contributed by atoms with Gasteiger partial charge in [-0.05, 0) is 57.2 Å². The molecular weight excluding hydrogens is 382 g/mol. The van der Waals surface area contributed by atoms with Gasteiger partial charge in [0.1, 0.15) is 0 Å². The van der Waals surface area contributed by atoms with Crippen molar-refractivity contribution in [2.24, 2.45) is 0 Å². The third-order valence-electron chi connectivity index (χ3n) is 4.78. The molecule has 6 heteroatoms. The standard InChI is InChI=1S/C24H25NO5/c1-5-29-22-12-11-18(14-23(22)28-4)24(27)30-15-21(26)20-13-16(2)25(17(20)3)19-9-7-6-8-10-19/h6-14H,5,15H2,1-4H3. The van der Waals surface area contributed by atoms with Crippen LogP contribution in [0.1, 0.15) is 39.0 Å². The molecule has 30 heavy (non-hydrogen) atoms. The monoisotopic (exact) mass is 407 g/mol. The molecule has 3 rings (SSSR count). The van der Waals surface area contributed by atoms with Crippen LogP contribution in [0.2, 0.25) is 0 Å². The van der Waals surface area contributed by atoms with Crippen molar-refractivity contribution >= 4 is 11.8 Å². The molecule has 2 aromatic carbocycles. The lowest BCUT2D eigenvalue weighted by molar-refractivity contribution is 0.0474. The van der Waals surface area contributed by atoms with Gasteiger partial charge in [0, 0.05) is 22.6 Å². The summed E-state index contributed by atoms with van der Waals surface area (Å²) < 4.78 is 18.0. The van der Waals surface area contributed by atoms with Crippen LogP contribution in [0, 0.1) is 13.8 Å². The molecule has 0 atom stereocenters. The van der Waals surface area contributed by atoms with Crippen molar-refractivity contribution in [1.82, 2.24) is 4.57 Å². The highest BCUT2D eigenvalue weighted by atomic mass is 16.5. The molecule has 0 unspecified atom stereocenters. The van der Waals surface area contributed by atoms with Crippen LogP contribution in [0.15, 0.2) is 54.6 Å². The molecule has 1 aromatic heterocycles. The Hall–Kier alpha value is -3.54. The number of nitrogens with zero attached hydrogens (tertiary/aromatic N) is 1. The SMILES string of the molecule is CCOc1ccc(C(=O)OCC(=O)c2cc(C)n(-c3ccccc3)c2C)cc1OC. The second-order valence-corrected chi connectivity index (χ2v) is 6.75. The fraction of sp³-hybridized carbons (Fsp3) is 0.250. The van der Waals surface area contributed by atoms with Gasteiger partial charge in [0.2, 0.25) is 5.78 Å². The van der Waals surface area contributed by atoms with E-state index in [0.717, 1.165) is 17.1 Å². The van der Waals surface area contributed by atoms with Crippen molar-refractivity contribution in [3.8, 4) is 17.2 Å². The lowest BCUT2D eigenvalue weighted by Crippen LogP contribution is -2.15. The molecule has 0 aliphatic carbocycles. The van der Waals surface area contributed by atoms with Crippen molar-refractivity contribution in [3.05, 3.63) is 77.1 Å². The summed E-state index contributed by atoms with van der Waals surface area (Å²) in [6.45, 7) is 5.83. The first-order valence-electron chi connectivity index (χ1n) is 9.71. The zero-order valence-electron chi connectivity index (χ0n) is 17.6. The van der Waals surface area contributed by atoms with E-state index in [2.05, 4.69) is 0 Å². The van der Waals surface area contributed by atoms with Crippen LogP contribution in [0.4, 0.5) is 0 Å². The number of aromatic nitrogens is 1. The van der Waals surface area contributed by atoms with Gasteiger partial charge in [-0.1, -0.05) is 18.2 Å². The van der Waals surface area contributed by atoms with E-state index in [1.54, 1.807) is 18.2 Å². The molecule has 1 heterocycles. The molecule has 0 aliphatic heterocycles. The number of carbonyl (C=O) groups is 2. The fourth-order valence-corrected chi connectivity index (χ4v) is 3.38. The maximum Gasteiger partial charge on any atom is 0.338 e. The highest BCUT2D eigenvalue weighted by Gasteiger charge is 2.19. The molecule has 0 aliphatic rings. The van der Waals surface area contributed by atoms with Gasteiger partial charge in [0.15, 0.2) is 18.1 Å². The summed E-state index contributed by atoms with van der Waals surface area (Å²) >= 11 is 0. The maximum atomic E-state index is 12.7. The van der Waals surface area contributed by atoms with Crippen LogP contribution >= 0.6 is 0 Å².